The SMILES string of the molecule is COc1ccc(Nc2cc(C)nc(Nc3ccc(NC(=O)c4ccccc4Br)cc3)n2)cc1. The average molecular weight is 504 g/mol. The van der Waals surface area contributed by atoms with Crippen molar-refractivity contribution in [3.05, 3.63) is 94.6 Å². The Balaban J connectivity index is 1.43. The molecular formula is C25H22BrN5O2. The molecule has 4 aromatic rings. The van der Waals surface area contributed by atoms with Crippen molar-refractivity contribution in [2.75, 3.05) is 23.1 Å². The Morgan fingerprint density at radius 3 is 2.18 bits per heavy atom. The lowest BCUT2D eigenvalue weighted by atomic mass is 10.2. The number of ether oxygens (including phenoxy) is 1. The van der Waals surface area contributed by atoms with Gasteiger partial charge in [-0.2, -0.15) is 4.98 Å². The van der Waals surface area contributed by atoms with E-state index in [1.54, 1.807) is 13.2 Å². The fourth-order valence-corrected chi connectivity index (χ4v) is 3.59. The first-order valence-electron chi connectivity index (χ1n) is 10.2. The molecule has 0 saturated heterocycles. The third-order valence-corrected chi connectivity index (χ3v) is 5.43. The van der Waals surface area contributed by atoms with Gasteiger partial charge in [0, 0.05) is 33.3 Å². The van der Waals surface area contributed by atoms with Crippen LogP contribution in [0.4, 0.5) is 28.8 Å². The molecule has 4 rings (SSSR count). The van der Waals surface area contributed by atoms with Crippen LogP contribution >= 0.6 is 15.9 Å². The molecule has 0 saturated carbocycles. The zero-order valence-corrected chi connectivity index (χ0v) is 19.7. The number of hydrogen-bond acceptors (Lipinski definition) is 6. The predicted molar refractivity (Wildman–Crippen MR) is 135 cm³/mol. The summed E-state index contributed by atoms with van der Waals surface area (Å²) in [6.45, 7) is 1.91. The summed E-state index contributed by atoms with van der Waals surface area (Å²) >= 11 is 3.40. The molecule has 0 unspecified atom stereocenters. The van der Waals surface area contributed by atoms with Crippen molar-refractivity contribution >= 4 is 50.7 Å². The van der Waals surface area contributed by atoms with E-state index in [0.29, 0.717) is 23.0 Å². The number of nitrogens with zero attached hydrogens (tertiary/aromatic N) is 2. The van der Waals surface area contributed by atoms with E-state index in [0.717, 1.165) is 27.3 Å². The van der Waals surface area contributed by atoms with Gasteiger partial charge in [-0.25, -0.2) is 4.98 Å². The minimum atomic E-state index is -0.181. The fraction of sp³-hybridized carbons (Fsp3) is 0.0800. The van der Waals surface area contributed by atoms with E-state index in [1.165, 1.54) is 0 Å². The molecule has 0 atom stereocenters. The van der Waals surface area contributed by atoms with Crippen LogP contribution in [0.3, 0.4) is 0 Å². The quantitative estimate of drug-likeness (QED) is 0.274. The molecule has 1 aromatic heterocycles. The maximum Gasteiger partial charge on any atom is 0.256 e. The summed E-state index contributed by atoms with van der Waals surface area (Å²) in [5.41, 5.74) is 3.78. The number of carbonyl (C=O) groups is 1. The number of aromatic nitrogens is 2. The molecule has 0 radical (unpaired) electrons. The molecule has 1 heterocycles. The minimum absolute atomic E-state index is 0.181. The van der Waals surface area contributed by atoms with Crippen LogP contribution in [-0.2, 0) is 0 Å². The Labute approximate surface area is 200 Å². The summed E-state index contributed by atoms with van der Waals surface area (Å²) in [5, 5.41) is 9.38. The van der Waals surface area contributed by atoms with Gasteiger partial charge in [0.15, 0.2) is 0 Å². The van der Waals surface area contributed by atoms with Crippen LogP contribution in [0.1, 0.15) is 16.1 Å². The van der Waals surface area contributed by atoms with Gasteiger partial charge in [-0.3, -0.25) is 4.79 Å². The number of aryl methyl sites for hydroxylation is 1. The van der Waals surface area contributed by atoms with Crippen LogP contribution in [-0.4, -0.2) is 23.0 Å². The van der Waals surface area contributed by atoms with E-state index in [4.69, 9.17) is 4.74 Å². The summed E-state index contributed by atoms with van der Waals surface area (Å²) in [4.78, 5) is 21.5. The number of amides is 1. The number of anilines is 5. The Morgan fingerprint density at radius 1 is 0.848 bits per heavy atom. The number of hydrogen-bond donors (Lipinski definition) is 3. The van der Waals surface area contributed by atoms with E-state index in [-0.39, 0.29) is 5.91 Å². The highest BCUT2D eigenvalue weighted by Gasteiger charge is 2.10. The smallest absolute Gasteiger partial charge is 0.256 e. The lowest BCUT2D eigenvalue weighted by Crippen LogP contribution is -2.12. The van der Waals surface area contributed by atoms with E-state index in [2.05, 4.69) is 41.8 Å². The molecule has 33 heavy (non-hydrogen) atoms. The van der Waals surface area contributed by atoms with Crippen LogP contribution in [0, 0.1) is 6.92 Å². The highest BCUT2D eigenvalue weighted by Crippen LogP contribution is 2.23. The molecule has 1 amide bonds. The van der Waals surface area contributed by atoms with E-state index < -0.39 is 0 Å². The van der Waals surface area contributed by atoms with Crippen molar-refractivity contribution in [2.24, 2.45) is 0 Å². The zero-order valence-electron chi connectivity index (χ0n) is 18.1. The monoisotopic (exact) mass is 503 g/mol. The molecule has 166 valence electrons. The number of rotatable bonds is 7. The van der Waals surface area contributed by atoms with Crippen molar-refractivity contribution in [2.45, 2.75) is 6.92 Å². The summed E-state index contributed by atoms with van der Waals surface area (Å²) < 4.78 is 5.94. The van der Waals surface area contributed by atoms with E-state index in [1.807, 2.05) is 79.7 Å². The van der Waals surface area contributed by atoms with Crippen molar-refractivity contribution in [1.82, 2.24) is 9.97 Å². The van der Waals surface area contributed by atoms with Crippen LogP contribution < -0.4 is 20.7 Å². The van der Waals surface area contributed by atoms with Crippen LogP contribution in [0.2, 0.25) is 0 Å². The normalized spacial score (nSPS) is 10.4. The van der Waals surface area contributed by atoms with Gasteiger partial charge >= 0.3 is 0 Å². The first-order chi connectivity index (χ1) is 16.0. The number of carbonyl (C=O) groups excluding carboxylic acids is 1. The second-order valence-corrected chi connectivity index (χ2v) is 8.06. The molecular weight excluding hydrogens is 482 g/mol. The second kappa shape index (κ2) is 10.1. The zero-order chi connectivity index (χ0) is 23.2. The molecule has 0 spiro atoms. The van der Waals surface area contributed by atoms with Gasteiger partial charge in [0.1, 0.15) is 11.6 Å². The molecule has 0 bridgehead atoms. The Hall–Kier alpha value is -3.91. The molecule has 0 aliphatic heterocycles. The van der Waals surface area contributed by atoms with Crippen molar-refractivity contribution < 1.29 is 9.53 Å². The van der Waals surface area contributed by atoms with Crippen molar-refractivity contribution in [3.8, 4) is 5.75 Å². The predicted octanol–water partition coefficient (Wildman–Crippen LogP) is 6.30. The summed E-state index contributed by atoms with van der Waals surface area (Å²) in [7, 11) is 1.64. The molecule has 3 aromatic carbocycles. The number of benzene rings is 3. The Kier molecular flexibility index (Phi) is 6.85. The van der Waals surface area contributed by atoms with Gasteiger partial charge in [0.2, 0.25) is 5.95 Å². The minimum Gasteiger partial charge on any atom is -0.497 e. The van der Waals surface area contributed by atoms with Crippen LogP contribution in [0.15, 0.2) is 83.3 Å². The lowest BCUT2D eigenvalue weighted by Gasteiger charge is -2.11. The molecule has 3 N–H and O–H groups in total. The van der Waals surface area contributed by atoms with Crippen LogP contribution in [0.25, 0.3) is 0 Å². The number of methoxy groups -OCH3 is 1. The van der Waals surface area contributed by atoms with E-state index >= 15 is 0 Å². The average Bonchev–Trinajstić information content (AvgIpc) is 2.81. The van der Waals surface area contributed by atoms with Gasteiger partial charge < -0.3 is 20.7 Å². The topological polar surface area (TPSA) is 88.2 Å². The largest absolute Gasteiger partial charge is 0.497 e. The second-order valence-electron chi connectivity index (χ2n) is 7.21. The standard InChI is InChI=1S/C25H22BrN5O2/c1-16-15-23(28-17-11-13-20(33-2)14-12-17)31-25(27-16)30-19-9-7-18(8-10-19)29-24(32)21-5-3-4-6-22(21)26/h3-15H,1-2H3,(H,29,32)(H2,27,28,30,31). The lowest BCUT2D eigenvalue weighted by molar-refractivity contribution is 0.102. The summed E-state index contributed by atoms with van der Waals surface area (Å²) in [6.07, 6.45) is 0. The number of halogens is 1. The van der Waals surface area contributed by atoms with Gasteiger partial charge in [0.25, 0.3) is 5.91 Å². The highest BCUT2D eigenvalue weighted by atomic mass is 79.9. The molecule has 0 aliphatic rings. The third kappa shape index (κ3) is 5.87. The van der Waals surface area contributed by atoms with Gasteiger partial charge in [0.05, 0.1) is 12.7 Å². The highest BCUT2D eigenvalue weighted by molar-refractivity contribution is 9.10. The Morgan fingerprint density at radius 2 is 1.48 bits per heavy atom. The fourth-order valence-electron chi connectivity index (χ4n) is 3.12. The van der Waals surface area contributed by atoms with Crippen molar-refractivity contribution in [1.29, 1.82) is 0 Å². The third-order valence-electron chi connectivity index (χ3n) is 4.73. The molecule has 0 fully saturated rings. The molecule has 0 aliphatic carbocycles. The maximum atomic E-state index is 12.5. The summed E-state index contributed by atoms with van der Waals surface area (Å²) in [5.74, 6) is 1.75. The van der Waals surface area contributed by atoms with Crippen molar-refractivity contribution in [3.63, 3.8) is 0 Å². The maximum absolute atomic E-state index is 12.5. The molecule has 8 heteroatoms. The van der Waals surface area contributed by atoms with Gasteiger partial charge in [-0.15, -0.1) is 0 Å². The molecule has 7 nitrogen and oxygen atoms in total. The van der Waals surface area contributed by atoms with Gasteiger partial charge in [-0.05, 0) is 83.5 Å². The van der Waals surface area contributed by atoms with Gasteiger partial charge in [-0.1, -0.05) is 12.1 Å². The number of nitrogens with one attached hydrogen (secondary N) is 3. The van der Waals surface area contributed by atoms with Crippen LogP contribution in [0.5, 0.6) is 5.75 Å². The van der Waals surface area contributed by atoms with E-state index in [9.17, 15) is 4.79 Å². The first kappa shape index (κ1) is 22.3. The summed E-state index contributed by atoms with van der Waals surface area (Å²) in [6, 6.07) is 24.1. The first-order valence-corrected chi connectivity index (χ1v) is 11.0. The Bertz CT molecular complexity index is 1260.